The maximum atomic E-state index is 12.5. The summed E-state index contributed by atoms with van der Waals surface area (Å²) in [6, 6.07) is 5.94. The van der Waals surface area contributed by atoms with Crippen LogP contribution >= 0.6 is 11.8 Å². The Morgan fingerprint density at radius 3 is 2.82 bits per heavy atom. The zero-order valence-electron chi connectivity index (χ0n) is 12.6. The standard InChI is InChI=1S/C16H21N3O2S/c20-15(10-18-12-22-11-16(18)21)19-9-5-4-8-14(19)17-13-6-2-1-3-7-13/h4-5,8-9,13H,1-3,6-7,10-12H2. The molecule has 0 atom stereocenters. The Morgan fingerprint density at radius 2 is 2.09 bits per heavy atom. The molecule has 2 heterocycles. The molecule has 118 valence electrons. The lowest BCUT2D eigenvalue weighted by molar-refractivity contribution is -0.126. The SMILES string of the molecule is O=C1CSCN1CC(=O)n1ccccc1=NC1CCCCC1. The third kappa shape index (κ3) is 3.61. The molecule has 1 aromatic rings. The minimum atomic E-state index is -0.0917. The van der Waals surface area contributed by atoms with Gasteiger partial charge in [0.05, 0.1) is 17.7 Å². The van der Waals surface area contributed by atoms with Crippen molar-refractivity contribution in [1.29, 1.82) is 0 Å². The van der Waals surface area contributed by atoms with Gasteiger partial charge in [0.1, 0.15) is 12.0 Å². The summed E-state index contributed by atoms with van der Waals surface area (Å²) in [6.45, 7) is 0.133. The molecule has 1 saturated carbocycles. The van der Waals surface area contributed by atoms with E-state index in [9.17, 15) is 9.59 Å². The molecule has 2 aliphatic rings. The summed E-state index contributed by atoms with van der Waals surface area (Å²) in [5.41, 5.74) is 0.707. The Kier molecular flexibility index (Phi) is 4.97. The first kappa shape index (κ1) is 15.3. The highest BCUT2D eigenvalue weighted by molar-refractivity contribution is 8.00. The van der Waals surface area contributed by atoms with Crippen molar-refractivity contribution in [3.63, 3.8) is 0 Å². The van der Waals surface area contributed by atoms with E-state index in [0.29, 0.717) is 23.2 Å². The molecule has 1 aliphatic heterocycles. The van der Waals surface area contributed by atoms with Gasteiger partial charge in [-0.3, -0.25) is 19.1 Å². The molecule has 1 aromatic heterocycles. The molecule has 22 heavy (non-hydrogen) atoms. The fourth-order valence-electron chi connectivity index (χ4n) is 2.93. The normalized spacial score (nSPS) is 20.6. The van der Waals surface area contributed by atoms with Crippen LogP contribution in [-0.4, -0.2) is 45.5 Å². The van der Waals surface area contributed by atoms with Crippen molar-refractivity contribution < 1.29 is 9.59 Å². The average Bonchev–Trinajstić information content (AvgIpc) is 2.94. The van der Waals surface area contributed by atoms with Crippen molar-refractivity contribution >= 4 is 23.6 Å². The smallest absolute Gasteiger partial charge is 0.251 e. The van der Waals surface area contributed by atoms with E-state index in [0.717, 1.165) is 12.8 Å². The lowest BCUT2D eigenvalue weighted by atomic mass is 9.96. The number of hydrogen-bond donors (Lipinski definition) is 0. The van der Waals surface area contributed by atoms with Gasteiger partial charge in [-0.25, -0.2) is 0 Å². The topological polar surface area (TPSA) is 54.7 Å². The van der Waals surface area contributed by atoms with E-state index in [1.54, 1.807) is 27.4 Å². The van der Waals surface area contributed by atoms with E-state index < -0.39 is 0 Å². The molecule has 1 saturated heterocycles. The van der Waals surface area contributed by atoms with Crippen molar-refractivity contribution in [2.75, 3.05) is 18.2 Å². The minimum Gasteiger partial charge on any atom is -0.323 e. The van der Waals surface area contributed by atoms with Gasteiger partial charge in [0, 0.05) is 6.20 Å². The summed E-state index contributed by atoms with van der Waals surface area (Å²) >= 11 is 1.55. The third-order valence-electron chi connectivity index (χ3n) is 4.15. The summed E-state index contributed by atoms with van der Waals surface area (Å²) in [5, 5.41) is 0. The van der Waals surface area contributed by atoms with Crippen LogP contribution in [0, 0.1) is 0 Å². The Morgan fingerprint density at radius 1 is 1.27 bits per heavy atom. The Balaban J connectivity index is 1.79. The number of nitrogens with zero attached hydrogens (tertiary/aromatic N) is 3. The largest absolute Gasteiger partial charge is 0.323 e. The molecule has 5 nitrogen and oxygen atoms in total. The number of carbonyl (C=O) groups is 2. The predicted octanol–water partition coefficient (Wildman–Crippen LogP) is 1.89. The van der Waals surface area contributed by atoms with E-state index in [2.05, 4.69) is 0 Å². The van der Waals surface area contributed by atoms with Crippen LogP contribution in [-0.2, 0) is 4.79 Å². The molecule has 0 unspecified atom stereocenters. The lowest BCUT2D eigenvalue weighted by Gasteiger charge is -2.18. The molecule has 0 N–H and O–H groups in total. The van der Waals surface area contributed by atoms with Crippen molar-refractivity contribution in [3.05, 3.63) is 29.9 Å². The summed E-state index contributed by atoms with van der Waals surface area (Å²) in [4.78, 5) is 30.5. The highest BCUT2D eigenvalue weighted by atomic mass is 32.2. The number of carbonyl (C=O) groups excluding carboxylic acids is 2. The fraction of sp³-hybridized carbons (Fsp3) is 0.562. The van der Waals surface area contributed by atoms with Gasteiger partial charge < -0.3 is 4.90 Å². The van der Waals surface area contributed by atoms with Crippen LogP contribution in [0.2, 0.25) is 0 Å². The van der Waals surface area contributed by atoms with Gasteiger partial charge in [-0.2, -0.15) is 0 Å². The summed E-state index contributed by atoms with van der Waals surface area (Å²) in [5.74, 6) is 1.03. The van der Waals surface area contributed by atoms with E-state index in [-0.39, 0.29) is 18.4 Å². The molecule has 0 radical (unpaired) electrons. The van der Waals surface area contributed by atoms with Crippen LogP contribution in [0.5, 0.6) is 0 Å². The van der Waals surface area contributed by atoms with Crippen LogP contribution < -0.4 is 5.49 Å². The molecular formula is C16H21N3O2S. The maximum absolute atomic E-state index is 12.5. The number of hydrogen-bond acceptors (Lipinski definition) is 4. The quantitative estimate of drug-likeness (QED) is 0.855. The van der Waals surface area contributed by atoms with Crippen molar-refractivity contribution in [1.82, 2.24) is 9.47 Å². The summed E-state index contributed by atoms with van der Waals surface area (Å²) in [7, 11) is 0. The molecule has 6 heteroatoms. The lowest BCUT2D eigenvalue weighted by Crippen LogP contribution is -2.38. The first-order valence-electron chi connectivity index (χ1n) is 7.84. The first-order chi connectivity index (χ1) is 10.7. The fourth-order valence-corrected chi connectivity index (χ4v) is 3.83. The zero-order valence-corrected chi connectivity index (χ0v) is 13.4. The Bertz CT molecular complexity index is 620. The summed E-state index contributed by atoms with van der Waals surface area (Å²) < 4.78 is 1.59. The van der Waals surface area contributed by atoms with Crippen molar-refractivity contribution in [2.45, 2.75) is 38.1 Å². The second kappa shape index (κ2) is 7.13. The van der Waals surface area contributed by atoms with Crippen LogP contribution in [0.15, 0.2) is 29.4 Å². The van der Waals surface area contributed by atoms with E-state index in [4.69, 9.17) is 4.99 Å². The van der Waals surface area contributed by atoms with Gasteiger partial charge in [0.15, 0.2) is 0 Å². The number of pyridine rings is 1. The Hall–Kier alpha value is -1.56. The Labute approximate surface area is 134 Å². The molecule has 2 fully saturated rings. The number of rotatable bonds is 3. The maximum Gasteiger partial charge on any atom is 0.251 e. The second-order valence-electron chi connectivity index (χ2n) is 5.81. The van der Waals surface area contributed by atoms with Gasteiger partial charge in [-0.1, -0.05) is 25.3 Å². The van der Waals surface area contributed by atoms with E-state index in [1.165, 1.54) is 19.3 Å². The van der Waals surface area contributed by atoms with Gasteiger partial charge >= 0.3 is 0 Å². The molecule has 0 spiro atoms. The molecule has 0 aromatic carbocycles. The first-order valence-corrected chi connectivity index (χ1v) is 9.00. The third-order valence-corrected chi connectivity index (χ3v) is 5.09. The minimum absolute atomic E-state index is 0.0423. The summed E-state index contributed by atoms with van der Waals surface area (Å²) in [6.07, 6.45) is 7.67. The highest BCUT2D eigenvalue weighted by Crippen LogP contribution is 2.19. The molecule has 1 aliphatic carbocycles. The van der Waals surface area contributed by atoms with E-state index in [1.807, 2.05) is 18.2 Å². The zero-order chi connectivity index (χ0) is 15.4. The molecular weight excluding hydrogens is 298 g/mol. The van der Waals surface area contributed by atoms with E-state index >= 15 is 0 Å². The van der Waals surface area contributed by atoms with Gasteiger partial charge in [0.2, 0.25) is 5.91 Å². The van der Waals surface area contributed by atoms with Crippen LogP contribution in [0.1, 0.15) is 36.9 Å². The van der Waals surface area contributed by atoms with Gasteiger partial charge in [-0.05, 0) is 25.0 Å². The van der Waals surface area contributed by atoms with Crippen molar-refractivity contribution in [3.8, 4) is 0 Å². The second-order valence-corrected chi connectivity index (χ2v) is 6.77. The number of aromatic nitrogens is 1. The van der Waals surface area contributed by atoms with Gasteiger partial charge in [-0.15, -0.1) is 11.8 Å². The average molecular weight is 319 g/mol. The molecule has 3 rings (SSSR count). The number of thioether (sulfide) groups is 1. The van der Waals surface area contributed by atoms with Crippen LogP contribution in [0.25, 0.3) is 0 Å². The predicted molar refractivity (Wildman–Crippen MR) is 86.5 cm³/mol. The monoisotopic (exact) mass is 319 g/mol. The highest BCUT2D eigenvalue weighted by Gasteiger charge is 2.23. The molecule has 0 bridgehead atoms. The molecule has 1 amide bonds. The van der Waals surface area contributed by atoms with Crippen LogP contribution in [0.3, 0.4) is 0 Å². The van der Waals surface area contributed by atoms with Gasteiger partial charge in [0.25, 0.3) is 5.91 Å². The van der Waals surface area contributed by atoms with Crippen molar-refractivity contribution in [2.24, 2.45) is 4.99 Å². The van der Waals surface area contributed by atoms with Crippen LogP contribution in [0.4, 0.5) is 0 Å². The number of amides is 1.